The Kier molecular flexibility index (Phi) is 5.84. The molecule has 1 amide bonds. The first-order chi connectivity index (χ1) is 13.0. The van der Waals surface area contributed by atoms with E-state index in [1.807, 2.05) is 6.07 Å². The maximum atomic E-state index is 12.5. The van der Waals surface area contributed by atoms with Crippen LogP contribution in [-0.4, -0.2) is 35.0 Å². The SMILES string of the molecule is N#Cc1cccc(NC(=O)C2CCN(Cc3cccc(C(=O)O)c3)CC2)c1. The second-order valence-electron chi connectivity index (χ2n) is 6.74. The van der Waals surface area contributed by atoms with Gasteiger partial charge in [0.25, 0.3) is 0 Å². The lowest BCUT2D eigenvalue weighted by atomic mass is 9.95. The Labute approximate surface area is 158 Å². The van der Waals surface area contributed by atoms with Gasteiger partial charge in [-0.2, -0.15) is 5.26 Å². The molecule has 0 spiro atoms. The molecule has 0 unspecified atom stereocenters. The van der Waals surface area contributed by atoms with Crippen LogP contribution in [0.4, 0.5) is 5.69 Å². The number of nitriles is 1. The number of carbonyl (C=O) groups excluding carboxylic acids is 1. The molecule has 6 heteroatoms. The summed E-state index contributed by atoms with van der Waals surface area (Å²) in [5.41, 5.74) is 2.42. The van der Waals surface area contributed by atoms with E-state index in [9.17, 15) is 9.59 Å². The van der Waals surface area contributed by atoms with Gasteiger partial charge in [0.1, 0.15) is 0 Å². The van der Waals surface area contributed by atoms with Gasteiger partial charge < -0.3 is 10.4 Å². The molecule has 3 rings (SSSR count). The van der Waals surface area contributed by atoms with Crippen molar-refractivity contribution in [2.75, 3.05) is 18.4 Å². The number of carbonyl (C=O) groups is 2. The van der Waals surface area contributed by atoms with Crippen LogP contribution in [0.2, 0.25) is 0 Å². The van der Waals surface area contributed by atoms with Gasteiger partial charge in [-0.15, -0.1) is 0 Å². The summed E-state index contributed by atoms with van der Waals surface area (Å²) in [6, 6.07) is 15.9. The van der Waals surface area contributed by atoms with E-state index in [1.165, 1.54) is 0 Å². The Morgan fingerprint density at radius 1 is 1.15 bits per heavy atom. The van der Waals surface area contributed by atoms with Gasteiger partial charge in [-0.3, -0.25) is 9.69 Å². The molecule has 0 aromatic heterocycles. The Bertz CT molecular complexity index is 880. The van der Waals surface area contributed by atoms with Crippen LogP contribution < -0.4 is 5.32 Å². The fourth-order valence-corrected chi connectivity index (χ4v) is 3.32. The van der Waals surface area contributed by atoms with E-state index in [4.69, 9.17) is 10.4 Å². The van der Waals surface area contributed by atoms with E-state index in [0.717, 1.165) is 31.5 Å². The average molecular weight is 363 g/mol. The second kappa shape index (κ2) is 8.47. The average Bonchev–Trinajstić information content (AvgIpc) is 2.69. The molecule has 1 aliphatic heterocycles. The topological polar surface area (TPSA) is 93.4 Å². The highest BCUT2D eigenvalue weighted by Crippen LogP contribution is 2.21. The Morgan fingerprint density at radius 2 is 1.89 bits per heavy atom. The summed E-state index contributed by atoms with van der Waals surface area (Å²) in [7, 11) is 0. The molecule has 138 valence electrons. The van der Waals surface area contributed by atoms with Crippen molar-refractivity contribution in [2.45, 2.75) is 19.4 Å². The van der Waals surface area contributed by atoms with Gasteiger partial charge in [0.2, 0.25) is 5.91 Å². The predicted octanol–water partition coefficient (Wildman–Crippen LogP) is 3.11. The first kappa shape index (κ1) is 18.6. The molecule has 1 heterocycles. The fraction of sp³-hybridized carbons (Fsp3) is 0.286. The number of rotatable bonds is 5. The minimum atomic E-state index is -0.923. The van der Waals surface area contributed by atoms with Gasteiger partial charge in [-0.05, 0) is 61.8 Å². The first-order valence-corrected chi connectivity index (χ1v) is 8.91. The van der Waals surface area contributed by atoms with E-state index >= 15 is 0 Å². The molecule has 2 N–H and O–H groups in total. The number of piperidine rings is 1. The monoisotopic (exact) mass is 363 g/mol. The molecule has 0 bridgehead atoms. The number of amides is 1. The summed E-state index contributed by atoms with van der Waals surface area (Å²) < 4.78 is 0. The first-order valence-electron chi connectivity index (χ1n) is 8.91. The van der Waals surface area contributed by atoms with Crippen LogP contribution in [0.1, 0.15) is 34.3 Å². The molecule has 1 saturated heterocycles. The zero-order valence-corrected chi connectivity index (χ0v) is 14.9. The fourth-order valence-electron chi connectivity index (χ4n) is 3.32. The van der Waals surface area contributed by atoms with Gasteiger partial charge in [0.05, 0.1) is 17.2 Å². The maximum Gasteiger partial charge on any atom is 0.335 e. The second-order valence-corrected chi connectivity index (χ2v) is 6.74. The van der Waals surface area contributed by atoms with Crippen LogP contribution in [0.3, 0.4) is 0 Å². The van der Waals surface area contributed by atoms with Gasteiger partial charge in [0.15, 0.2) is 0 Å². The van der Waals surface area contributed by atoms with Crippen molar-refractivity contribution in [2.24, 2.45) is 5.92 Å². The molecule has 1 fully saturated rings. The quantitative estimate of drug-likeness (QED) is 0.851. The standard InChI is InChI=1S/C21H21N3O3/c22-13-15-3-2-6-19(12-15)23-20(25)17-7-9-24(10-8-17)14-16-4-1-5-18(11-16)21(26)27/h1-6,11-12,17H,7-10,14H2,(H,23,25)(H,26,27). The highest BCUT2D eigenvalue weighted by molar-refractivity contribution is 5.92. The number of carboxylic acids is 1. The van der Waals surface area contributed by atoms with Crippen molar-refractivity contribution in [3.8, 4) is 6.07 Å². The Balaban J connectivity index is 1.52. The van der Waals surface area contributed by atoms with Crippen molar-refractivity contribution < 1.29 is 14.7 Å². The minimum absolute atomic E-state index is 0.0161. The third kappa shape index (κ3) is 4.93. The number of nitrogens with one attached hydrogen (secondary N) is 1. The molecular formula is C21H21N3O3. The number of likely N-dealkylation sites (tertiary alicyclic amines) is 1. The van der Waals surface area contributed by atoms with Crippen molar-refractivity contribution in [3.63, 3.8) is 0 Å². The molecule has 1 aliphatic rings. The highest BCUT2D eigenvalue weighted by atomic mass is 16.4. The lowest BCUT2D eigenvalue weighted by molar-refractivity contribution is -0.121. The van der Waals surface area contributed by atoms with Crippen molar-refractivity contribution >= 4 is 17.6 Å². The van der Waals surface area contributed by atoms with Crippen molar-refractivity contribution in [1.29, 1.82) is 5.26 Å². The number of nitrogens with zero attached hydrogens (tertiary/aromatic N) is 2. The van der Waals surface area contributed by atoms with Crippen molar-refractivity contribution in [1.82, 2.24) is 4.90 Å². The van der Waals surface area contributed by atoms with Gasteiger partial charge >= 0.3 is 5.97 Å². The number of hydrogen-bond donors (Lipinski definition) is 2. The minimum Gasteiger partial charge on any atom is -0.478 e. The normalized spacial score (nSPS) is 15.1. The van der Waals surface area contributed by atoms with Crippen molar-refractivity contribution in [3.05, 3.63) is 65.2 Å². The van der Waals surface area contributed by atoms with Crippen LogP contribution >= 0.6 is 0 Å². The molecule has 0 aliphatic carbocycles. The number of aromatic carboxylic acids is 1. The summed E-state index contributed by atoms with van der Waals surface area (Å²) in [6.45, 7) is 2.25. The summed E-state index contributed by atoms with van der Waals surface area (Å²) >= 11 is 0. The van der Waals surface area contributed by atoms with Gasteiger partial charge in [-0.25, -0.2) is 4.79 Å². The van der Waals surface area contributed by atoms with E-state index < -0.39 is 5.97 Å². The largest absolute Gasteiger partial charge is 0.478 e. The third-order valence-corrected chi connectivity index (χ3v) is 4.80. The molecule has 27 heavy (non-hydrogen) atoms. The predicted molar refractivity (Wildman–Crippen MR) is 101 cm³/mol. The molecule has 2 aromatic rings. The molecule has 0 atom stereocenters. The Hall–Kier alpha value is -3.17. The van der Waals surface area contributed by atoms with E-state index in [0.29, 0.717) is 23.4 Å². The zero-order valence-electron chi connectivity index (χ0n) is 14.9. The molecule has 0 radical (unpaired) electrons. The van der Waals surface area contributed by atoms with Crippen LogP contribution in [0, 0.1) is 17.2 Å². The number of hydrogen-bond acceptors (Lipinski definition) is 4. The summed E-state index contributed by atoms with van der Waals surface area (Å²) in [5.74, 6) is -0.998. The molecule has 2 aromatic carbocycles. The van der Waals surface area contributed by atoms with Gasteiger partial charge in [-0.1, -0.05) is 18.2 Å². The summed E-state index contributed by atoms with van der Waals surface area (Å²) in [6.07, 6.45) is 1.50. The van der Waals surface area contributed by atoms with Gasteiger partial charge in [0, 0.05) is 18.2 Å². The lowest BCUT2D eigenvalue weighted by Gasteiger charge is -2.31. The van der Waals surface area contributed by atoms with Crippen LogP contribution in [0.25, 0.3) is 0 Å². The Morgan fingerprint density at radius 3 is 2.59 bits per heavy atom. The van der Waals surface area contributed by atoms with Crippen LogP contribution in [-0.2, 0) is 11.3 Å². The molecule has 6 nitrogen and oxygen atoms in total. The molecule has 0 saturated carbocycles. The molecular weight excluding hydrogens is 342 g/mol. The zero-order chi connectivity index (χ0) is 19.2. The van der Waals surface area contributed by atoms with E-state index in [-0.39, 0.29) is 11.8 Å². The number of benzene rings is 2. The summed E-state index contributed by atoms with van der Waals surface area (Å²) in [4.78, 5) is 25.8. The summed E-state index contributed by atoms with van der Waals surface area (Å²) in [5, 5.41) is 20.9. The van der Waals surface area contributed by atoms with Crippen LogP contribution in [0.15, 0.2) is 48.5 Å². The van der Waals surface area contributed by atoms with Crippen LogP contribution in [0.5, 0.6) is 0 Å². The maximum absolute atomic E-state index is 12.5. The number of anilines is 1. The highest BCUT2D eigenvalue weighted by Gasteiger charge is 2.25. The van der Waals surface area contributed by atoms with E-state index in [1.54, 1.807) is 42.5 Å². The third-order valence-electron chi connectivity index (χ3n) is 4.80. The lowest BCUT2D eigenvalue weighted by Crippen LogP contribution is -2.37. The smallest absolute Gasteiger partial charge is 0.335 e. The number of carboxylic acid groups (broad SMARTS) is 1. The van der Waals surface area contributed by atoms with E-state index in [2.05, 4.69) is 16.3 Å².